The van der Waals surface area contributed by atoms with Crippen molar-refractivity contribution in [2.75, 3.05) is 0 Å². The molecule has 0 bridgehead atoms. The first-order valence-corrected chi connectivity index (χ1v) is 15.6. The lowest BCUT2D eigenvalue weighted by atomic mass is 9.96. The second-order valence-electron chi connectivity index (χ2n) is 10.4. The average Bonchev–Trinajstić information content (AvgIpc) is 3.55. The van der Waals surface area contributed by atoms with Crippen LogP contribution in [0.15, 0.2) is 109 Å². The van der Waals surface area contributed by atoms with Gasteiger partial charge in [0.2, 0.25) is 18.3 Å². The lowest BCUT2D eigenvalue weighted by Crippen LogP contribution is -2.60. The van der Waals surface area contributed by atoms with E-state index in [2.05, 4.69) is 15.1 Å². The van der Waals surface area contributed by atoms with E-state index in [4.69, 9.17) is 63.9 Å². The Hall–Kier alpha value is -5.08. The van der Waals surface area contributed by atoms with Gasteiger partial charge in [0.25, 0.3) is 9.57 Å². The fourth-order valence-electron chi connectivity index (χ4n) is 4.85. The van der Waals surface area contributed by atoms with E-state index in [0.717, 1.165) is 0 Å². The van der Waals surface area contributed by atoms with Gasteiger partial charge in [0, 0.05) is 12.4 Å². The summed E-state index contributed by atoms with van der Waals surface area (Å²) in [5, 5.41) is 12.7. The van der Waals surface area contributed by atoms with E-state index in [1.807, 2.05) is 0 Å². The Balaban J connectivity index is 1.49. The highest BCUT2D eigenvalue weighted by Crippen LogP contribution is 2.39. The molecule has 0 radical (unpaired) electrons. The molecule has 5 aromatic rings. The molecule has 5 atom stereocenters. The summed E-state index contributed by atoms with van der Waals surface area (Å²) in [5.74, 6) is -3.48. The Labute approximate surface area is 293 Å². The van der Waals surface area contributed by atoms with Gasteiger partial charge < -0.3 is 23.7 Å². The molecule has 1 saturated heterocycles. The number of aromatic nitrogens is 4. The molecular weight excluding hydrogens is 701 g/mol. The number of ether oxygens (including phenoxy) is 5. The summed E-state index contributed by atoms with van der Waals surface area (Å²) in [4.78, 5) is 49.4. The van der Waals surface area contributed by atoms with E-state index in [0.29, 0.717) is 0 Å². The van der Waals surface area contributed by atoms with Crippen molar-refractivity contribution in [2.45, 2.75) is 34.5 Å². The molecule has 0 aliphatic carbocycles. The summed E-state index contributed by atoms with van der Waals surface area (Å²) in [6.07, 6.45) is -5.24. The number of alkyl halides is 3. The molecule has 49 heavy (non-hydrogen) atoms. The minimum absolute atomic E-state index is 0.0906. The highest BCUT2D eigenvalue weighted by Gasteiger charge is 2.56. The summed E-state index contributed by atoms with van der Waals surface area (Å²) in [7, 11) is 0. The summed E-state index contributed by atoms with van der Waals surface area (Å²) in [5.41, 5.74) is 0.375. The van der Waals surface area contributed by atoms with Gasteiger partial charge in [-0.05, 0) is 42.5 Å². The van der Waals surface area contributed by atoms with Crippen LogP contribution in [0.1, 0.15) is 43.0 Å². The van der Waals surface area contributed by atoms with Gasteiger partial charge in [0.05, 0.1) is 16.7 Å². The number of hydrogen-bond donors (Lipinski definition) is 1. The predicted octanol–water partition coefficient (Wildman–Crippen LogP) is 5.56. The minimum atomic E-state index is -2.38. The zero-order valence-corrected chi connectivity index (χ0v) is 27.2. The van der Waals surface area contributed by atoms with Crippen LogP contribution in [0.25, 0.3) is 5.78 Å². The summed E-state index contributed by atoms with van der Waals surface area (Å²) >= 11 is 17.9. The lowest BCUT2D eigenvalue weighted by molar-refractivity contribution is -0.278. The molecule has 250 valence electrons. The molecule has 1 N–H and O–H groups in total. The fraction of sp³-hybridized carbons (Fsp3) is 0.182. The molecular formula is C33H24Cl3N5O8. The van der Waals surface area contributed by atoms with Crippen LogP contribution in [0, 0.1) is 5.41 Å². The van der Waals surface area contributed by atoms with Gasteiger partial charge in [-0.3, -0.25) is 5.41 Å². The van der Waals surface area contributed by atoms with Crippen molar-refractivity contribution in [1.82, 2.24) is 19.6 Å². The highest BCUT2D eigenvalue weighted by molar-refractivity contribution is 6.76. The van der Waals surface area contributed by atoms with Crippen LogP contribution in [0.4, 0.5) is 0 Å². The molecule has 1 unspecified atom stereocenters. The first-order chi connectivity index (χ1) is 23.6. The topological polar surface area (TPSA) is 164 Å². The minimum Gasteiger partial charge on any atom is -0.451 e. The van der Waals surface area contributed by atoms with Crippen molar-refractivity contribution in [3.05, 3.63) is 132 Å². The van der Waals surface area contributed by atoms with E-state index < -0.39 is 58.3 Å². The Kier molecular flexibility index (Phi) is 10.1. The number of carbonyl (C=O) groups excluding carboxylic acids is 3. The first kappa shape index (κ1) is 33.8. The summed E-state index contributed by atoms with van der Waals surface area (Å²) in [6, 6.07) is 25.4. The number of hydrogen-bond acceptors (Lipinski definition) is 12. The number of benzene rings is 3. The van der Waals surface area contributed by atoms with Crippen molar-refractivity contribution in [1.29, 1.82) is 5.41 Å². The van der Waals surface area contributed by atoms with E-state index in [9.17, 15) is 14.4 Å². The van der Waals surface area contributed by atoms with Gasteiger partial charge in [0.15, 0.2) is 24.1 Å². The molecule has 0 spiro atoms. The number of halogens is 3. The van der Waals surface area contributed by atoms with Gasteiger partial charge >= 0.3 is 17.9 Å². The molecule has 3 aromatic carbocycles. The van der Waals surface area contributed by atoms with Crippen LogP contribution in [-0.4, -0.2) is 71.8 Å². The second kappa shape index (κ2) is 14.6. The molecule has 1 fully saturated rings. The Morgan fingerprint density at radius 3 is 1.67 bits per heavy atom. The Morgan fingerprint density at radius 2 is 1.18 bits per heavy atom. The van der Waals surface area contributed by atoms with E-state index in [-0.39, 0.29) is 28.3 Å². The molecule has 1 aliphatic rings. The van der Waals surface area contributed by atoms with Crippen LogP contribution < -0.4 is 0 Å². The number of carbonyl (C=O) groups is 3. The third kappa shape index (κ3) is 7.81. The Bertz CT molecular complexity index is 1930. The fourth-order valence-corrected chi connectivity index (χ4v) is 4.99. The number of rotatable bonds is 8. The largest absolute Gasteiger partial charge is 0.451 e. The quantitative estimate of drug-likeness (QED) is 0.0700. The number of nitrogens with one attached hydrogen (secondary N) is 1. The molecule has 13 nitrogen and oxygen atoms in total. The zero-order valence-electron chi connectivity index (χ0n) is 25.0. The summed E-state index contributed by atoms with van der Waals surface area (Å²) < 4.78 is 28.7. The van der Waals surface area contributed by atoms with Crippen molar-refractivity contribution in [3.8, 4) is 0 Å². The van der Waals surface area contributed by atoms with E-state index in [1.165, 1.54) is 47.1 Å². The van der Waals surface area contributed by atoms with Crippen LogP contribution in [0.2, 0.25) is 0 Å². The van der Waals surface area contributed by atoms with Crippen LogP contribution in [0.3, 0.4) is 0 Å². The number of esters is 3. The van der Waals surface area contributed by atoms with Gasteiger partial charge in [-0.25, -0.2) is 23.9 Å². The van der Waals surface area contributed by atoms with Crippen molar-refractivity contribution >= 4 is 64.4 Å². The molecule has 6 rings (SSSR count). The SMILES string of the molecule is N=C(O[C@H]1OC(c2nc3ncccn3n2)[C@@H](OC(=O)c2ccccc2)[C@H](OC(=O)c2ccccc2)[C@H]1OC(=O)c1ccccc1)C(Cl)(Cl)Cl. The van der Waals surface area contributed by atoms with Gasteiger partial charge in [-0.1, -0.05) is 89.4 Å². The predicted molar refractivity (Wildman–Crippen MR) is 174 cm³/mol. The highest BCUT2D eigenvalue weighted by atomic mass is 35.6. The second-order valence-corrected chi connectivity index (χ2v) is 12.7. The first-order valence-electron chi connectivity index (χ1n) is 14.5. The van der Waals surface area contributed by atoms with Crippen molar-refractivity contribution in [3.63, 3.8) is 0 Å². The zero-order chi connectivity index (χ0) is 34.5. The van der Waals surface area contributed by atoms with E-state index >= 15 is 0 Å². The average molecular weight is 725 g/mol. The van der Waals surface area contributed by atoms with Gasteiger partial charge in [-0.2, -0.15) is 4.98 Å². The van der Waals surface area contributed by atoms with Crippen LogP contribution in [0.5, 0.6) is 0 Å². The molecule has 1 aliphatic heterocycles. The third-order valence-corrected chi connectivity index (χ3v) is 7.65. The monoisotopic (exact) mass is 723 g/mol. The molecule has 0 amide bonds. The Morgan fingerprint density at radius 1 is 0.694 bits per heavy atom. The summed E-state index contributed by atoms with van der Waals surface area (Å²) in [6.45, 7) is 0. The molecule has 3 heterocycles. The lowest BCUT2D eigenvalue weighted by Gasteiger charge is -2.43. The van der Waals surface area contributed by atoms with E-state index in [1.54, 1.807) is 66.9 Å². The molecule has 0 saturated carbocycles. The maximum Gasteiger partial charge on any atom is 0.338 e. The normalized spacial score (nSPS) is 20.6. The third-order valence-electron chi connectivity index (χ3n) is 7.13. The molecule has 16 heteroatoms. The van der Waals surface area contributed by atoms with Crippen LogP contribution >= 0.6 is 34.8 Å². The number of nitrogens with zero attached hydrogens (tertiary/aromatic N) is 4. The standard InChI is InChI=1S/C33H24Cl3N5O8/c34-33(35,36)31(37)49-30-25(47-29(44)21-15-8-3-9-16-21)23(46-28(43)20-13-6-2-7-14-20)22(45-27(42)19-11-4-1-5-12-19)24(48-30)26-39-32-38-17-10-18-41(32)40-26/h1-18,22-25,30,37H/t22-,23-,24?,25+,30+/m0/s1. The van der Waals surface area contributed by atoms with Crippen LogP contribution in [-0.2, 0) is 23.7 Å². The van der Waals surface area contributed by atoms with Crippen molar-refractivity contribution < 1.29 is 38.1 Å². The van der Waals surface area contributed by atoms with Crippen molar-refractivity contribution in [2.24, 2.45) is 0 Å². The maximum atomic E-state index is 13.7. The molecule has 2 aromatic heterocycles. The van der Waals surface area contributed by atoms with Gasteiger partial charge in [0.1, 0.15) is 0 Å². The van der Waals surface area contributed by atoms with Gasteiger partial charge in [-0.15, -0.1) is 5.10 Å². The maximum absolute atomic E-state index is 13.7. The smallest absolute Gasteiger partial charge is 0.338 e. The number of fused-ring (bicyclic) bond motifs is 1.